The van der Waals surface area contributed by atoms with E-state index in [4.69, 9.17) is 5.11 Å². The van der Waals surface area contributed by atoms with Crippen molar-refractivity contribution in [1.82, 2.24) is 9.80 Å². The molecule has 23 heavy (non-hydrogen) atoms. The Kier molecular flexibility index (Phi) is 7.51. The maximum atomic E-state index is 10.5. The molecule has 4 heteroatoms. The van der Waals surface area contributed by atoms with Crippen LogP contribution in [0.25, 0.3) is 0 Å². The maximum Gasteiger partial charge on any atom is 0.123 e. The summed E-state index contributed by atoms with van der Waals surface area (Å²) < 4.78 is 0. The van der Waals surface area contributed by atoms with E-state index in [9.17, 15) is 4.79 Å². The summed E-state index contributed by atoms with van der Waals surface area (Å²) >= 11 is 0. The Morgan fingerprint density at radius 2 is 1.57 bits per heavy atom. The van der Waals surface area contributed by atoms with Crippen LogP contribution in [0, 0.1) is 17.8 Å². The molecule has 2 heterocycles. The molecule has 3 rings (SSSR count). The number of likely N-dealkylation sites (tertiary alicyclic amines) is 2. The summed E-state index contributed by atoms with van der Waals surface area (Å²) in [6.07, 6.45) is 7.99. The molecule has 1 N–H and O–H groups in total. The van der Waals surface area contributed by atoms with Crippen LogP contribution in [-0.4, -0.2) is 66.6 Å². The fraction of sp³-hybridized carbons (Fsp3) is 0.947. The molecule has 0 bridgehead atoms. The standard InChI is InChI=1S/C13H23NO.C6H13NO/c1-10(2)12-3-5-14(6-4-12)13-7-11(8-13)9-15;1-7-4-2-6(8)3-5-7/h9-13H,3-8H2,1-2H3;6,8H,2-5H2,1H3. The van der Waals surface area contributed by atoms with E-state index in [1.807, 2.05) is 0 Å². The number of piperidine rings is 2. The number of nitrogens with zero attached hydrogens (tertiary/aromatic N) is 2. The highest BCUT2D eigenvalue weighted by atomic mass is 16.3. The first kappa shape index (κ1) is 18.9. The van der Waals surface area contributed by atoms with Crippen LogP contribution in [0.5, 0.6) is 0 Å². The predicted molar refractivity (Wildman–Crippen MR) is 94.4 cm³/mol. The van der Waals surface area contributed by atoms with Gasteiger partial charge in [-0.05, 0) is 70.5 Å². The van der Waals surface area contributed by atoms with Crippen molar-refractivity contribution in [2.24, 2.45) is 17.8 Å². The molecule has 0 aromatic carbocycles. The Morgan fingerprint density at radius 1 is 1.00 bits per heavy atom. The van der Waals surface area contributed by atoms with Crippen LogP contribution in [0.1, 0.15) is 52.4 Å². The lowest BCUT2D eigenvalue weighted by Crippen LogP contribution is -2.48. The molecule has 4 nitrogen and oxygen atoms in total. The van der Waals surface area contributed by atoms with Crippen molar-refractivity contribution >= 4 is 6.29 Å². The minimum Gasteiger partial charge on any atom is -0.393 e. The van der Waals surface area contributed by atoms with Crippen molar-refractivity contribution in [1.29, 1.82) is 0 Å². The Hall–Kier alpha value is -0.450. The monoisotopic (exact) mass is 324 g/mol. The third kappa shape index (κ3) is 5.84. The molecule has 0 radical (unpaired) electrons. The van der Waals surface area contributed by atoms with Gasteiger partial charge < -0.3 is 19.7 Å². The Bertz CT molecular complexity index is 329. The zero-order chi connectivity index (χ0) is 16.8. The van der Waals surface area contributed by atoms with Crippen molar-refractivity contribution in [3.05, 3.63) is 0 Å². The van der Waals surface area contributed by atoms with E-state index in [0.717, 1.165) is 62.9 Å². The molecule has 0 atom stereocenters. The molecule has 0 aromatic heterocycles. The Balaban J connectivity index is 0.000000203. The average molecular weight is 325 g/mol. The lowest BCUT2D eigenvalue weighted by atomic mass is 9.78. The summed E-state index contributed by atoms with van der Waals surface area (Å²) in [6.45, 7) is 9.32. The molecule has 2 saturated heterocycles. The molecule has 2 aliphatic heterocycles. The summed E-state index contributed by atoms with van der Waals surface area (Å²) in [7, 11) is 2.09. The number of aldehydes is 1. The van der Waals surface area contributed by atoms with Crippen molar-refractivity contribution in [3.63, 3.8) is 0 Å². The second-order valence-corrected chi connectivity index (χ2v) is 8.17. The van der Waals surface area contributed by atoms with Gasteiger partial charge in [-0.3, -0.25) is 0 Å². The molecule has 1 saturated carbocycles. The number of hydrogen-bond donors (Lipinski definition) is 1. The Morgan fingerprint density at radius 3 is 2.00 bits per heavy atom. The molecule has 0 amide bonds. The van der Waals surface area contributed by atoms with Crippen LogP contribution in [-0.2, 0) is 4.79 Å². The first-order chi connectivity index (χ1) is 11.0. The van der Waals surface area contributed by atoms with E-state index in [1.54, 1.807) is 0 Å². The van der Waals surface area contributed by atoms with Gasteiger partial charge >= 0.3 is 0 Å². The zero-order valence-corrected chi connectivity index (χ0v) is 15.3. The van der Waals surface area contributed by atoms with E-state index in [1.165, 1.54) is 25.9 Å². The van der Waals surface area contributed by atoms with E-state index in [-0.39, 0.29) is 6.10 Å². The SMILES string of the molecule is CC(C)C1CCN(C2CC(C=O)C2)CC1.CN1CCC(O)CC1. The van der Waals surface area contributed by atoms with Crippen LogP contribution in [0.2, 0.25) is 0 Å². The number of rotatable bonds is 3. The van der Waals surface area contributed by atoms with Crippen LogP contribution in [0.3, 0.4) is 0 Å². The summed E-state index contributed by atoms with van der Waals surface area (Å²) in [6, 6.07) is 0.730. The van der Waals surface area contributed by atoms with Gasteiger partial charge in [-0.1, -0.05) is 13.8 Å². The van der Waals surface area contributed by atoms with Gasteiger partial charge in [-0.15, -0.1) is 0 Å². The van der Waals surface area contributed by atoms with Crippen LogP contribution < -0.4 is 0 Å². The maximum absolute atomic E-state index is 10.5. The van der Waals surface area contributed by atoms with Crippen LogP contribution in [0.15, 0.2) is 0 Å². The molecule has 0 aromatic rings. The van der Waals surface area contributed by atoms with E-state index >= 15 is 0 Å². The second-order valence-electron chi connectivity index (χ2n) is 8.17. The lowest BCUT2D eigenvalue weighted by Gasteiger charge is -2.44. The summed E-state index contributed by atoms with van der Waals surface area (Å²) in [5, 5.41) is 9.00. The van der Waals surface area contributed by atoms with Crippen LogP contribution >= 0.6 is 0 Å². The topological polar surface area (TPSA) is 43.8 Å². The van der Waals surface area contributed by atoms with Crippen molar-refractivity contribution < 1.29 is 9.90 Å². The smallest absolute Gasteiger partial charge is 0.123 e. The first-order valence-electron chi connectivity index (χ1n) is 9.55. The third-order valence-corrected chi connectivity index (χ3v) is 6.06. The number of hydrogen-bond acceptors (Lipinski definition) is 4. The van der Waals surface area contributed by atoms with Gasteiger partial charge in [0.15, 0.2) is 0 Å². The van der Waals surface area contributed by atoms with Gasteiger partial charge in [0.05, 0.1) is 6.10 Å². The normalized spacial score (nSPS) is 31.3. The fourth-order valence-corrected chi connectivity index (χ4v) is 3.99. The highest BCUT2D eigenvalue weighted by Crippen LogP contribution is 2.34. The molecule has 0 spiro atoms. The molecule has 0 unspecified atom stereocenters. The molecule has 1 aliphatic carbocycles. The molecular weight excluding hydrogens is 288 g/mol. The highest BCUT2D eigenvalue weighted by Gasteiger charge is 2.35. The van der Waals surface area contributed by atoms with Gasteiger partial charge in [0.1, 0.15) is 6.29 Å². The van der Waals surface area contributed by atoms with E-state index in [2.05, 4.69) is 30.7 Å². The number of aliphatic hydroxyl groups excluding tert-OH is 1. The second kappa shape index (κ2) is 9.14. The summed E-state index contributed by atoms with van der Waals surface area (Å²) in [4.78, 5) is 15.4. The molecular formula is C19H36N2O2. The lowest BCUT2D eigenvalue weighted by molar-refractivity contribution is -0.115. The predicted octanol–water partition coefficient (Wildman–Crippen LogP) is 2.40. The quantitative estimate of drug-likeness (QED) is 0.810. The van der Waals surface area contributed by atoms with E-state index in [0.29, 0.717) is 5.92 Å². The van der Waals surface area contributed by atoms with Crippen molar-refractivity contribution in [3.8, 4) is 0 Å². The van der Waals surface area contributed by atoms with Gasteiger partial charge in [0, 0.05) is 25.0 Å². The van der Waals surface area contributed by atoms with Gasteiger partial charge in [0.2, 0.25) is 0 Å². The van der Waals surface area contributed by atoms with E-state index < -0.39 is 0 Å². The average Bonchev–Trinajstić information content (AvgIpc) is 2.50. The zero-order valence-electron chi connectivity index (χ0n) is 15.3. The minimum absolute atomic E-state index is 0.0220. The van der Waals surface area contributed by atoms with Crippen molar-refractivity contribution in [2.45, 2.75) is 64.5 Å². The van der Waals surface area contributed by atoms with Crippen LogP contribution in [0.4, 0.5) is 0 Å². The third-order valence-electron chi connectivity index (χ3n) is 6.06. The number of carbonyl (C=O) groups excluding carboxylic acids is 1. The summed E-state index contributed by atoms with van der Waals surface area (Å²) in [5.74, 6) is 2.15. The first-order valence-corrected chi connectivity index (χ1v) is 9.55. The fourth-order valence-electron chi connectivity index (χ4n) is 3.99. The van der Waals surface area contributed by atoms with Gasteiger partial charge in [-0.2, -0.15) is 0 Å². The molecule has 134 valence electrons. The number of aliphatic hydroxyl groups is 1. The summed E-state index contributed by atoms with van der Waals surface area (Å²) in [5.41, 5.74) is 0. The molecule has 3 aliphatic rings. The Labute approximate surface area is 142 Å². The molecule has 3 fully saturated rings. The highest BCUT2D eigenvalue weighted by molar-refractivity contribution is 5.55. The van der Waals surface area contributed by atoms with Gasteiger partial charge in [-0.25, -0.2) is 0 Å². The van der Waals surface area contributed by atoms with Crippen molar-refractivity contribution in [2.75, 3.05) is 33.2 Å². The van der Waals surface area contributed by atoms with Gasteiger partial charge in [0.25, 0.3) is 0 Å². The number of carbonyl (C=O) groups is 1. The minimum atomic E-state index is -0.0220. The largest absolute Gasteiger partial charge is 0.393 e.